The van der Waals surface area contributed by atoms with Crippen molar-refractivity contribution >= 4 is 5.91 Å². The minimum atomic E-state index is 0.0495. The number of hydrogen-bond donors (Lipinski definition) is 1. The molecule has 2 aliphatic heterocycles. The molecule has 0 aromatic heterocycles. The summed E-state index contributed by atoms with van der Waals surface area (Å²) < 4.78 is 5.08. The zero-order valence-corrected chi connectivity index (χ0v) is 10.6. The van der Waals surface area contributed by atoms with Crippen molar-refractivity contribution in [3.63, 3.8) is 0 Å². The molecule has 2 N–H and O–H groups in total. The van der Waals surface area contributed by atoms with E-state index in [2.05, 4.69) is 4.90 Å². The van der Waals surface area contributed by atoms with Crippen LogP contribution in [-0.2, 0) is 9.53 Å². The maximum atomic E-state index is 11.6. The summed E-state index contributed by atoms with van der Waals surface area (Å²) in [7, 11) is 1.73. The minimum absolute atomic E-state index is 0.0495. The van der Waals surface area contributed by atoms with E-state index in [0.29, 0.717) is 12.3 Å². The summed E-state index contributed by atoms with van der Waals surface area (Å²) in [5, 5.41) is 0. The van der Waals surface area contributed by atoms with E-state index in [4.69, 9.17) is 10.5 Å². The number of rotatable bonds is 5. The molecular formula is C12H23N3O2. The van der Waals surface area contributed by atoms with Gasteiger partial charge in [-0.15, -0.1) is 0 Å². The monoisotopic (exact) mass is 241 g/mol. The summed E-state index contributed by atoms with van der Waals surface area (Å²) >= 11 is 0. The van der Waals surface area contributed by atoms with Gasteiger partial charge in [0.25, 0.3) is 0 Å². The zero-order chi connectivity index (χ0) is 12.3. The normalized spacial score (nSPS) is 30.5. The van der Waals surface area contributed by atoms with Gasteiger partial charge in [0.1, 0.15) is 0 Å². The standard InChI is InChI=1S/C12H23N3O2/c1-17-5-4-14-3-2-10(7-14)8-15-9-11(13)6-12(15)16/h10-11H,2-9,13H2,1H3. The first-order chi connectivity index (χ1) is 8.19. The van der Waals surface area contributed by atoms with Crippen molar-refractivity contribution < 1.29 is 9.53 Å². The van der Waals surface area contributed by atoms with Gasteiger partial charge in [-0.25, -0.2) is 0 Å². The van der Waals surface area contributed by atoms with E-state index in [0.717, 1.165) is 39.3 Å². The first-order valence-electron chi connectivity index (χ1n) is 6.43. The molecule has 5 heteroatoms. The van der Waals surface area contributed by atoms with Gasteiger partial charge in [0.05, 0.1) is 6.61 Å². The van der Waals surface area contributed by atoms with Crippen molar-refractivity contribution in [2.75, 3.05) is 46.4 Å². The fourth-order valence-electron chi connectivity index (χ4n) is 2.78. The SMILES string of the molecule is COCCN1CCC(CN2CC(N)CC2=O)C1. The average molecular weight is 241 g/mol. The molecular weight excluding hydrogens is 218 g/mol. The molecule has 98 valence electrons. The van der Waals surface area contributed by atoms with Crippen LogP contribution in [0, 0.1) is 5.92 Å². The molecule has 0 aromatic carbocycles. The maximum Gasteiger partial charge on any atom is 0.224 e. The Morgan fingerprint density at radius 2 is 2.29 bits per heavy atom. The minimum Gasteiger partial charge on any atom is -0.383 e. The number of likely N-dealkylation sites (tertiary alicyclic amines) is 2. The van der Waals surface area contributed by atoms with Crippen LogP contribution in [0.1, 0.15) is 12.8 Å². The largest absolute Gasteiger partial charge is 0.383 e. The molecule has 2 aliphatic rings. The highest BCUT2D eigenvalue weighted by Crippen LogP contribution is 2.19. The predicted molar refractivity (Wildman–Crippen MR) is 65.6 cm³/mol. The Kier molecular flexibility index (Phi) is 4.36. The molecule has 2 fully saturated rings. The van der Waals surface area contributed by atoms with E-state index in [1.54, 1.807) is 7.11 Å². The number of carbonyl (C=O) groups is 1. The summed E-state index contributed by atoms with van der Waals surface area (Å²) in [6.45, 7) is 5.63. The van der Waals surface area contributed by atoms with E-state index in [-0.39, 0.29) is 11.9 Å². The molecule has 0 saturated carbocycles. The molecule has 1 amide bonds. The average Bonchev–Trinajstić information content (AvgIpc) is 2.84. The lowest BCUT2D eigenvalue weighted by molar-refractivity contribution is -0.128. The third-order valence-electron chi connectivity index (χ3n) is 3.70. The summed E-state index contributed by atoms with van der Waals surface area (Å²) in [4.78, 5) is 16.0. The summed E-state index contributed by atoms with van der Waals surface area (Å²) in [5.41, 5.74) is 5.79. The Hall–Kier alpha value is -0.650. The third kappa shape index (κ3) is 3.40. The van der Waals surface area contributed by atoms with Gasteiger partial charge in [-0.2, -0.15) is 0 Å². The second-order valence-electron chi connectivity index (χ2n) is 5.21. The molecule has 2 atom stereocenters. The van der Waals surface area contributed by atoms with Crippen molar-refractivity contribution in [3.05, 3.63) is 0 Å². The van der Waals surface area contributed by atoms with E-state index >= 15 is 0 Å². The second kappa shape index (κ2) is 5.80. The van der Waals surface area contributed by atoms with Gasteiger partial charge in [-0.1, -0.05) is 0 Å². The van der Waals surface area contributed by atoms with Gasteiger partial charge in [-0.05, 0) is 18.9 Å². The maximum absolute atomic E-state index is 11.6. The van der Waals surface area contributed by atoms with Crippen LogP contribution in [0.3, 0.4) is 0 Å². The number of nitrogens with two attached hydrogens (primary N) is 1. The van der Waals surface area contributed by atoms with Crippen LogP contribution in [0.25, 0.3) is 0 Å². The van der Waals surface area contributed by atoms with E-state index in [1.807, 2.05) is 4.90 Å². The summed E-state index contributed by atoms with van der Waals surface area (Å²) in [6.07, 6.45) is 1.71. The third-order valence-corrected chi connectivity index (χ3v) is 3.70. The Labute approximate surface area is 103 Å². The summed E-state index contributed by atoms with van der Waals surface area (Å²) in [5.74, 6) is 0.842. The van der Waals surface area contributed by atoms with Gasteiger partial charge in [0.15, 0.2) is 0 Å². The fourth-order valence-corrected chi connectivity index (χ4v) is 2.78. The highest BCUT2D eigenvalue weighted by Gasteiger charge is 2.31. The topological polar surface area (TPSA) is 58.8 Å². The van der Waals surface area contributed by atoms with Crippen LogP contribution >= 0.6 is 0 Å². The number of hydrogen-bond acceptors (Lipinski definition) is 4. The Morgan fingerprint density at radius 3 is 2.94 bits per heavy atom. The lowest BCUT2D eigenvalue weighted by Gasteiger charge is -2.21. The first kappa shape index (κ1) is 12.8. The lowest BCUT2D eigenvalue weighted by Crippen LogP contribution is -2.34. The molecule has 2 heterocycles. The molecule has 2 unspecified atom stereocenters. The first-order valence-corrected chi connectivity index (χ1v) is 6.43. The number of carbonyl (C=O) groups excluding carboxylic acids is 1. The molecule has 0 radical (unpaired) electrons. The van der Waals surface area contributed by atoms with Gasteiger partial charge >= 0.3 is 0 Å². The molecule has 5 nitrogen and oxygen atoms in total. The molecule has 2 saturated heterocycles. The number of ether oxygens (including phenoxy) is 1. The van der Waals surface area contributed by atoms with Crippen LogP contribution in [0.4, 0.5) is 0 Å². The van der Waals surface area contributed by atoms with Crippen molar-refractivity contribution in [2.45, 2.75) is 18.9 Å². The summed E-state index contributed by atoms with van der Waals surface area (Å²) in [6, 6.07) is 0.0495. The number of nitrogens with zero attached hydrogens (tertiary/aromatic N) is 2. The van der Waals surface area contributed by atoms with Crippen LogP contribution in [0.15, 0.2) is 0 Å². The molecule has 0 aromatic rings. The van der Waals surface area contributed by atoms with E-state index in [1.165, 1.54) is 6.42 Å². The zero-order valence-electron chi connectivity index (χ0n) is 10.6. The van der Waals surface area contributed by atoms with Crippen LogP contribution in [0.2, 0.25) is 0 Å². The van der Waals surface area contributed by atoms with Crippen molar-refractivity contribution in [1.29, 1.82) is 0 Å². The quantitative estimate of drug-likeness (QED) is 0.706. The highest BCUT2D eigenvalue weighted by atomic mass is 16.5. The Morgan fingerprint density at radius 1 is 1.47 bits per heavy atom. The van der Waals surface area contributed by atoms with Gasteiger partial charge in [0.2, 0.25) is 5.91 Å². The van der Waals surface area contributed by atoms with Crippen LogP contribution in [0.5, 0.6) is 0 Å². The Balaban J connectivity index is 1.72. The van der Waals surface area contributed by atoms with Gasteiger partial charge < -0.3 is 20.3 Å². The van der Waals surface area contributed by atoms with Crippen LogP contribution < -0.4 is 5.73 Å². The van der Waals surface area contributed by atoms with Gasteiger partial charge in [-0.3, -0.25) is 4.79 Å². The highest BCUT2D eigenvalue weighted by molar-refractivity contribution is 5.79. The van der Waals surface area contributed by atoms with Crippen molar-refractivity contribution in [2.24, 2.45) is 11.7 Å². The number of methoxy groups -OCH3 is 1. The van der Waals surface area contributed by atoms with E-state index in [9.17, 15) is 4.79 Å². The Bertz CT molecular complexity index is 272. The number of amides is 1. The molecule has 17 heavy (non-hydrogen) atoms. The van der Waals surface area contributed by atoms with Gasteiger partial charge in [0, 0.05) is 45.8 Å². The predicted octanol–water partition coefficient (Wildman–Crippen LogP) is -0.486. The molecule has 2 rings (SSSR count). The molecule has 0 spiro atoms. The second-order valence-corrected chi connectivity index (χ2v) is 5.21. The molecule has 0 bridgehead atoms. The lowest BCUT2D eigenvalue weighted by atomic mass is 10.1. The van der Waals surface area contributed by atoms with E-state index < -0.39 is 0 Å². The van der Waals surface area contributed by atoms with Crippen molar-refractivity contribution in [3.8, 4) is 0 Å². The van der Waals surface area contributed by atoms with Crippen LogP contribution in [-0.4, -0.2) is 68.2 Å². The molecule has 0 aliphatic carbocycles. The van der Waals surface area contributed by atoms with Crippen molar-refractivity contribution in [1.82, 2.24) is 9.80 Å². The smallest absolute Gasteiger partial charge is 0.224 e. The fraction of sp³-hybridized carbons (Fsp3) is 0.917.